The monoisotopic (exact) mass is 342 g/mol. The zero-order chi connectivity index (χ0) is 15.3. The minimum absolute atomic E-state index is 0.0406. The molecule has 0 aliphatic rings. The number of nitrogens with one attached hydrogen (secondary N) is 1. The lowest BCUT2D eigenvalue weighted by molar-refractivity contribution is -0.121. The van der Waals surface area contributed by atoms with Crippen molar-refractivity contribution in [2.45, 2.75) is 13.8 Å². The van der Waals surface area contributed by atoms with E-state index in [9.17, 15) is 14.7 Å². The van der Waals surface area contributed by atoms with Gasteiger partial charge in [-0.2, -0.15) is 0 Å². The molecule has 110 valence electrons. The van der Waals surface area contributed by atoms with E-state index in [0.717, 1.165) is 0 Å². The van der Waals surface area contributed by atoms with Crippen LogP contribution in [0.1, 0.15) is 24.2 Å². The lowest BCUT2D eigenvalue weighted by atomic mass is 10.2. The van der Waals surface area contributed by atoms with E-state index in [1.54, 1.807) is 6.07 Å². The van der Waals surface area contributed by atoms with E-state index in [1.165, 1.54) is 24.1 Å². The van der Waals surface area contributed by atoms with Crippen LogP contribution in [0.25, 0.3) is 0 Å². The molecule has 0 fully saturated rings. The first-order valence-electron chi connectivity index (χ1n) is 6.32. The van der Waals surface area contributed by atoms with Gasteiger partial charge in [-0.3, -0.25) is 9.59 Å². The molecule has 1 aromatic rings. The molecular formula is C14H19BrN2O3. The summed E-state index contributed by atoms with van der Waals surface area (Å²) in [4.78, 5) is 25.1. The summed E-state index contributed by atoms with van der Waals surface area (Å²) in [6, 6.07) is 4.63. The Labute approximate surface area is 127 Å². The quantitative estimate of drug-likeness (QED) is 0.859. The number of aromatic hydroxyl groups is 1. The Hall–Kier alpha value is -1.56. The van der Waals surface area contributed by atoms with Gasteiger partial charge in [0.15, 0.2) is 0 Å². The van der Waals surface area contributed by atoms with Crippen molar-refractivity contribution in [2.75, 3.05) is 20.1 Å². The van der Waals surface area contributed by atoms with Gasteiger partial charge in [0.25, 0.3) is 5.91 Å². The smallest absolute Gasteiger partial charge is 0.257 e. The van der Waals surface area contributed by atoms with Crippen LogP contribution in [0.5, 0.6) is 5.75 Å². The molecule has 5 nitrogen and oxygen atoms in total. The average molecular weight is 343 g/mol. The number of amides is 2. The van der Waals surface area contributed by atoms with Crippen LogP contribution < -0.4 is 5.32 Å². The number of hydrogen-bond donors (Lipinski definition) is 2. The first-order valence-corrected chi connectivity index (χ1v) is 7.11. The summed E-state index contributed by atoms with van der Waals surface area (Å²) in [7, 11) is 1.53. The second kappa shape index (κ2) is 7.28. The van der Waals surface area contributed by atoms with Crippen molar-refractivity contribution in [3.63, 3.8) is 0 Å². The van der Waals surface area contributed by atoms with Gasteiger partial charge >= 0.3 is 0 Å². The highest BCUT2D eigenvalue weighted by Gasteiger charge is 2.18. The summed E-state index contributed by atoms with van der Waals surface area (Å²) in [5, 5.41) is 12.5. The molecule has 0 bridgehead atoms. The topological polar surface area (TPSA) is 69.6 Å². The highest BCUT2D eigenvalue weighted by Crippen LogP contribution is 2.23. The normalized spacial score (nSPS) is 10.4. The maximum Gasteiger partial charge on any atom is 0.257 e. The first kappa shape index (κ1) is 16.5. The van der Waals surface area contributed by atoms with Gasteiger partial charge in [0.2, 0.25) is 5.91 Å². The van der Waals surface area contributed by atoms with Crippen LogP contribution in [0.3, 0.4) is 0 Å². The minimum Gasteiger partial charge on any atom is -0.507 e. The lowest BCUT2D eigenvalue weighted by Gasteiger charge is -2.18. The Morgan fingerprint density at radius 2 is 2.05 bits per heavy atom. The molecule has 2 amide bonds. The first-order chi connectivity index (χ1) is 9.31. The fraction of sp³-hybridized carbons (Fsp3) is 0.429. The molecule has 0 aliphatic heterocycles. The Morgan fingerprint density at radius 3 is 2.60 bits per heavy atom. The molecule has 0 aromatic heterocycles. The van der Waals surface area contributed by atoms with Gasteiger partial charge in [-0.1, -0.05) is 29.8 Å². The number of phenolic OH excluding ortho intramolecular Hbond substituents is 1. The molecule has 0 spiro atoms. The number of nitrogens with zero attached hydrogens (tertiary/aromatic N) is 1. The molecule has 1 aromatic carbocycles. The van der Waals surface area contributed by atoms with Crippen molar-refractivity contribution in [1.29, 1.82) is 0 Å². The Balaban J connectivity index is 2.65. The van der Waals surface area contributed by atoms with Crippen molar-refractivity contribution in [1.82, 2.24) is 10.2 Å². The van der Waals surface area contributed by atoms with Crippen molar-refractivity contribution in [3.05, 3.63) is 28.2 Å². The van der Waals surface area contributed by atoms with Crippen LogP contribution in [-0.2, 0) is 4.79 Å². The van der Waals surface area contributed by atoms with E-state index in [4.69, 9.17) is 0 Å². The Bertz CT molecular complexity index is 503. The Kier molecular flexibility index (Phi) is 6.01. The van der Waals surface area contributed by atoms with Crippen molar-refractivity contribution in [3.8, 4) is 5.75 Å². The fourth-order valence-electron chi connectivity index (χ4n) is 1.55. The molecule has 0 atom stereocenters. The molecule has 20 heavy (non-hydrogen) atoms. The number of likely N-dealkylation sites (N-methyl/N-ethyl adjacent to an activating group) is 1. The number of halogens is 1. The van der Waals surface area contributed by atoms with Gasteiger partial charge < -0.3 is 15.3 Å². The summed E-state index contributed by atoms with van der Waals surface area (Å²) in [6.45, 7) is 4.52. The van der Waals surface area contributed by atoms with Crippen LogP contribution in [-0.4, -0.2) is 42.0 Å². The van der Waals surface area contributed by atoms with Crippen LogP contribution in [0, 0.1) is 5.92 Å². The molecule has 0 heterocycles. The second-order valence-electron chi connectivity index (χ2n) is 5.02. The largest absolute Gasteiger partial charge is 0.507 e. The van der Waals surface area contributed by atoms with Crippen LogP contribution in [0.2, 0.25) is 0 Å². The number of rotatable bonds is 5. The average Bonchev–Trinajstić information content (AvgIpc) is 2.35. The van der Waals surface area contributed by atoms with E-state index in [1.807, 2.05) is 13.8 Å². The van der Waals surface area contributed by atoms with Crippen molar-refractivity contribution >= 4 is 27.7 Å². The number of carbonyl (C=O) groups is 2. The summed E-state index contributed by atoms with van der Waals surface area (Å²) in [6.07, 6.45) is 0. The summed E-state index contributed by atoms with van der Waals surface area (Å²) >= 11 is 3.21. The molecule has 6 heteroatoms. The third-order valence-corrected chi connectivity index (χ3v) is 3.12. The SMILES string of the molecule is CC(C)CNC(=O)CN(C)C(=O)c1ccc(Br)cc1O. The number of phenols is 1. The summed E-state index contributed by atoms with van der Waals surface area (Å²) < 4.78 is 0.684. The molecule has 2 N–H and O–H groups in total. The fourth-order valence-corrected chi connectivity index (χ4v) is 1.90. The van der Waals surface area contributed by atoms with E-state index >= 15 is 0 Å². The van der Waals surface area contributed by atoms with Gasteiger partial charge in [-0.15, -0.1) is 0 Å². The predicted molar refractivity (Wildman–Crippen MR) is 80.6 cm³/mol. The molecule has 0 radical (unpaired) electrons. The predicted octanol–water partition coefficient (Wildman–Crippen LogP) is 2.00. The summed E-state index contributed by atoms with van der Waals surface area (Å²) in [5.41, 5.74) is 0.173. The van der Waals surface area contributed by atoms with Gasteiger partial charge in [0.05, 0.1) is 12.1 Å². The third-order valence-electron chi connectivity index (χ3n) is 2.63. The van der Waals surface area contributed by atoms with Gasteiger partial charge in [-0.25, -0.2) is 0 Å². The number of benzene rings is 1. The standard InChI is InChI=1S/C14H19BrN2O3/c1-9(2)7-16-13(19)8-17(3)14(20)11-5-4-10(15)6-12(11)18/h4-6,9,18H,7-8H2,1-3H3,(H,16,19). The molecule has 0 unspecified atom stereocenters. The molecule has 0 saturated carbocycles. The van der Waals surface area contributed by atoms with Crippen molar-refractivity contribution in [2.24, 2.45) is 5.92 Å². The molecule has 0 aliphatic carbocycles. The number of hydrogen-bond acceptors (Lipinski definition) is 3. The highest BCUT2D eigenvalue weighted by atomic mass is 79.9. The molecule has 1 rings (SSSR count). The maximum absolute atomic E-state index is 12.1. The maximum atomic E-state index is 12.1. The third kappa shape index (κ3) is 4.85. The van der Waals surface area contributed by atoms with Crippen LogP contribution >= 0.6 is 15.9 Å². The molecular weight excluding hydrogens is 324 g/mol. The van der Waals surface area contributed by atoms with Gasteiger partial charge in [0.1, 0.15) is 5.75 Å². The minimum atomic E-state index is -0.394. The van der Waals surface area contributed by atoms with E-state index in [2.05, 4.69) is 21.2 Å². The van der Waals surface area contributed by atoms with Crippen molar-refractivity contribution < 1.29 is 14.7 Å². The van der Waals surface area contributed by atoms with Gasteiger partial charge in [0, 0.05) is 18.1 Å². The van der Waals surface area contributed by atoms with E-state index in [0.29, 0.717) is 16.9 Å². The van der Waals surface area contributed by atoms with Gasteiger partial charge in [-0.05, 0) is 24.1 Å². The zero-order valence-corrected chi connectivity index (χ0v) is 13.4. The highest BCUT2D eigenvalue weighted by molar-refractivity contribution is 9.10. The van der Waals surface area contributed by atoms with E-state index < -0.39 is 5.91 Å². The Morgan fingerprint density at radius 1 is 1.40 bits per heavy atom. The van der Waals surface area contributed by atoms with Crippen LogP contribution in [0.4, 0.5) is 0 Å². The number of carbonyl (C=O) groups excluding carboxylic acids is 2. The second-order valence-corrected chi connectivity index (χ2v) is 5.94. The molecule has 0 saturated heterocycles. The lowest BCUT2D eigenvalue weighted by Crippen LogP contribution is -2.39. The van der Waals surface area contributed by atoms with Crippen LogP contribution in [0.15, 0.2) is 22.7 Å². The zero-order valence-electron chi connectivity index (χ0n) is 11.8. The summed E-state index contributed by atoms with van der Waals surface area (Å²) in [5.74, 6) is -0.366. The van der Waals surface area contributed by atoms with E-state index in [-0.39, 0.29) is 23.8 Å².